The molecule has 134 valence electrons. The number of esters is 1. The molecule has 2 rings (SSSR count). The Morgan fingerprint density at radius 2 is 2.12 bits per heavy atom. The van der Waals surface area contributed by atoms with E-state index in [2.05, 4.69) is 5.10 Å². The van der Waals surface area contributed by atoms with E-state index in [1.165, 1.54) is 17.9 Å². The molecule has 0 spiro atoms. The number of aromatic nitrogens is 2. The standard InChI is InChI=1S/C17H26FN3O3/c1-11(2)7-15(17(23)24-4)21-16(22)8-12(3)14(19-21)5-6-20-9-13(18)10-20/h8,11,13,15H,5-7,9-10H2,1-4H3/t15-/m0/s1. The number of nitrogens with zero attached hydrogens (tertiary/aromatic N) is 3. The third kappa shape index (κ3) is 4.41. The minimum atomic E-state index is -0.734. The molecule has 0 amide bonds. The largest absolute Gasteiger partial charge is 0.467 e. The summed E-state index contributed by atoms with van der Waals surface area (Å²) in [6.45, 7) is 7.39. The molecule has 1 aromatic rings. The zero-order valence-electron chi connectivity index (χ0n) is 14.8. The van der Waals surface area contributed by atoms with Crippen LogP contribution in [0, 0.1) is 12.8 Å². The molecule has 0 aromatic carbocycles. The second kappa shape index (κ2) is 7.88. The van der Waals surface area contributed by atoms with Gasteiger partial charge in [0.25, 0.3) is 5.56 Å². The molecule has 0 unspecified atom stereocenters. The minimum Gasteiger partial charge on any atom is -0.467 e. The molecule has 1 saturated heterocycles. The van der Waals surface area contributed by atoms with Crippen LogP contribution in [0.1, 0.15) is 37.6 Å². The van der Waals surface area contributed by atoms with E-state index in [0.717, 1.165) is 11.3 Å². The number of likely N-dealkylation sites (tertiary alicyclic amines) is 1. The smallest absolute Gasteiger partial charge is 0.330 e. The van der Waals surface area contributed by atoms with Crippen LogP contribution in [0.25, 0.3) is 0 Å². The summed E-state index contributed by atoms with van der Waals surface area (Å²) < 4.78 is 19.0. The molecule has 0 N–H and O–H groups in total. The summed E-state index contributed by atoms with van der Waals surface area (Å²) in [6, 6.07) is 0.785. The van der Waals surface area contributed by atoms with Gasteiger partial charge in [0.1, 0.15) is 6.17 Å². The predicted octanol–water partition coefficient (Wildman–Crippen LogP) is 1.51. The van der Waals surface area contributed by atoms with Gasteiger partial charge in [-0.1, -0.05) is 13.8 Å². The Morgan fingerprint density at radius 1 is 1.46 bits per heavy atom. The lowest BCUT2D eigenvalue weighted by Gasteiger charge is -2.34. The van der Waals surface area contributed by atoms with Crippen LogP contribution in [0.15, 0.2) is 10.9 Å². The number of carbonyl (C=O) groups excluding carboxylic acids is 1. The average Bonchev–Trinajstić information content (AvgIpc) is 2.49. The Labute approximate surface area is 141 Å². The van der Waals surface area contributed by atoms with Crippen LogP contribution < -0.4 is 5.56 Å². The first-order valence-electron chi connectivity index (χ1n) is 8.35. The first kappa shape index (κ1) is 18.6. The van der Waals surface area contributed by atoms with E-state index in [1.54, 1.807) is 0 Å². The zero-order chi connectivity index (χ0) is 17.9. The Morgan fingerprint density at radius 3 is 2.67 bits per heavy atom. The van der Waals surface area contributed by atoms with Crippen molar-refractivity contribution < 1.29 is 13.9 Å². The highest BCUT2D eigenvalue weighted by Crippen LogP contribution is 2.18. The zero-order valence-corrected chi connectivity index (χ0v) is 14.8. The van der Waals surface area contributed by atoms with Crippen molar-refractivity contribution >= 4 is 5.97 Å². The average molecular weight is 339 g/mol. The molecule has 0 radical (unpaired) electrons. The lowest BCUT2D eigenvalue weighted by atomic mass is 10.0. The van der Waals surface area contributed by atoms with Gasteiger partial charge in [-0.25, -0.2) is 13.9 Å². The van der Waals surface area contributed by atoms with Gasteiger partial charge in [0.2, 0.25) is 0 Å². The molecule has 1 fully saturated rings. The minimum absolute atomic E-state index is 0.218. The molecule has 1 aliphatic heterocycles. The van der Waals surface area contributed by atoms with Crippen molar-refractivity contribution in [3.05, 3.63) is 27.7 Å². The van der Waals surface area contributed by atoms with E-state index in [-0.39, 0.29) is 11.5 Å². The second-order valence-corrected chi connectivity index (χ2v) is 6.83. The van der Waals surface area contributed by atoms with E-state index in [0.29, 0.717) is 32.5 Å². The Balaban J connectivity index is 2.22. The summed E-state index contributed by atoms with van der Waals surface area (Å²) >= 11 is 0. The number of hydrogen-bond acceptors (Lipinski definition) is 5. The second-order valence-electron chi connectivity index (χ2n) is 6.83. The summed E-state index contributed by atoms with van der Waals surface area (Å²) in [5.41, 5.74) is 1.25. The fourth-order valence-electron chi connectivity index (χ4n) is 2.90. The number of hydrogen-bond donors (Lipinski definition) is 0. The molecule has 1 aliphatic rings. The van der Waals surface area contributed by atoms with E-state index >= 15 is 0 Å². The van der Waals surface area contributed by atoms with Gasteiger partial charge in [0.15, 0.2) is 6.04 Å². The third-order valence-corrected chi connectivity index (χ3v) is 4.29. The Bertz CT molecular complexity index is 638. The SMILES string of the molecule is COC(=O)[C@H](CC(C)C)n1nc(CCN2CC(F)C2)c(C)cc1=O. The summed E-state index contributed by atoms with van der Waals surface area (Å²) in [6.07, 6.45) is 0.370. The maximum absolute atomic E-state index is 12.9. The molecular weight excluding hydrogens is 313 g/mol. The van der Waals surface area contributed by atoms with Gasteiger partial charge in [-0.05, 0) is 24.8 Å². The van der Waals surface area contributed by atoms with Gasteiger partial charge >= 0.3 is 5.97 Å². The van der Waals surface area contributed by atoms with Crippen LogP contribution in [0.3, 0.4) is 0 Å². The number of carbonyl (C=O) groups is 1. The van der Waals surface area contributed by atoms with Crippen molar-refractivity contribution in [2.45, 2.75) is 45.8 Å². The van der Waals surface area contributed by atoms with Crippen molar-refractivity contribution in [3.8, 4) is 0 Å². The molecule has 0 aliphatic carbocycles. The molecular formula is C17H26FN3O3. The quantitative estimate of drug-likeness (QED) is 0.705. The molecule has 7 heteroatoms. The van der Waals surface area contributed by atoms with Crippen molar-refractivity contribution in [3.63, 3.8) is 0 Å². The van der Waals surface area contributed by atoms with Gasteiger partial charge in [-0.3, -0.25) is 9.69 Å². The van der Waals surface area contributed by atoms with E-state index in [9.17, 15) is 14.0 Å². The number of methoxy groups -OCH3 is 1. The maximum atomic E-state index is 12.9. The molecule has 0 saturated carbocycles. The van der Waals surface area contributed by atoms with Crippen molar-refractivity contribution in [2.24, 2.45) is 5.92 Å². The van der Waals surface area contributed by atoms with Crippen LogP contribution in [-0.4, -0.2) is 53.6 Å². The summed E-state index contributed by atoms with van der Waals surface area (Å²) in [7, 11) is 1.31. The van der Waals surface area contributed by atoms with Crippen LogP contribution >= 0.6 is 0 Å². The molecule has 24 heavy (non-hydrogen) atoms. The topological polar surface area (TPSA) is 64.4 Å². The van der Waals surface area contributed by atoms with Crippen LogP contribution in [0.4, 0.5) is 4.39 Å². The normalized spacial score (nSPS) is 16.9. The van der Waals surface area contributed by atoms with Gasteiger partial charge < -0.3 is 4.74 Å². The molecule has 0 bridgehead atoms. The van der Waals surface area contributed by atoms with Crippen LogP contribution in [0.5, 0.6) is 0 Å². The Kier molecular flexibility index (Phi) is 6.10. The van der Waals surface area contributed by atoms with Crippen molar-refractivity contribution in [2.75, 3.05) is 26.7 Å². The van der Waals surface area contributed by atoms with Gasteiger partial charge in [-0.15, -0.1) is 0 Å². The lowest BCUT2D eigenvalue weighted by molar-refractivity contribution is -0.145. The maximum Gasteiger partial charge on any atom is 0.330 e. The number of aryl methyl sites for hydroxylation is 1. The van der Waals surface area contributed by atoms with Gasteiger partial charge in [0, 0.05) is 32.1 Å². The highest BCUT2D eigenvalue weighted by atomic mass is 19.1. The Hall–Kier alpha value is -1.76. The summed E-state index contributed by atoms with van der Waals surface area (Å²) in [5.74, 6) is -0.244. The van der Waals surface area contributed by atoms with Gasteiger partial charge in [-0.2, -0.15) is 5.10 Å². The van der Waals surface area contributed by atoms with Crippen molar-refractivity contribution in [1.82, 2.24) is 14.7 Å². The highest BCUT2D eigenvalue weighted by Gasteiger charge is 2.27. The van der Waals surface area contributed by atoms with E-state index in [1.807, 2.05) is 25.7 Å². The summed E-state index contributed by atoms with van der Waals surface area (Å²) in [5, 5.41) is 4.43. The first-order chi connectivity index (χ1) is 11.3. The van der Waals surface area contributed by atoms with Crippen LogP contribution in [-0.2, 0) is 16.0 Å². The molecule has 6 nitrogen and oxygen atoms in total. The fourth-order valence-corrected chi connectivity index (χ4v) is 2.90. The number of alkyl halides is 1. The number of rotatable bonds is 7. The molecule has 2 heterocycles. The highest BCUT2D eigenvalue weighted by molar-refractivity contribution is 5.73. The van der Waals surface area contributed by atoms with Crippen molar-refractivity contribution in [1.29, 1.82) is 0 Å². The van der Waals surface area contributed by atoms with Gasteiger partial charge in [0.05, 0.1) is 12.8 Å². The lowest BCUT2D eigenvalue weighted by Crippen LogP contribution is -2.49. The van der Waals surface area contributed by atoms with Crippen LogP contribution in [0.2, 0.25) is 0 Å². The molecule has 1 atom stereocenters. The first-order valence-corrected chi connectivity index (χ1v) is 8.35. The number of halogens is 1. The molecule has 1 aromatic heterocycles. The monoisotopic (exact) mass is 339 g/mol. The van der Waals surface area contributed by atoms with E-state index < -0.39 is 18.2 Å². The summed E-state index contributed by atoms with van der Waals surface area (Å²) in [4.78, 5) is 26.4. The van der Waals surface area contributed by atoms with E-state index in [4.69, 9.17) is 4.74 Å². The fraction of sp³-hybridized carbons (Fsp3) is 0.706. The predicted molar refractivity (Wildman–Crippen MR) is 88.8 cm³/mol. The third-order valence-electron chi connectivity index (χ3n) is 4.29. The number of ether oxygens (including phenoxy) is 1.